The average molecular weight is 293 g/mol. The number of rotatable bonds is 5. The maximum atomic E-state index is 12.3. The van der Waals surface area contributed by atoms with Gasteiger partial charge in [0.15, 0.2) is 0 Å². The minimum Gasteiger partial charge on any atom is -0.478 e. The van der Waals surface area contributed by atoms with E-state index in [2.05, 4.69) is 0 Å². The van der Waals surface area contributed by atoms with Gasteiger partial charge in [0, 0.05) is 19.0 Å². The van der Waals surface area contributed by atoms with Crippen molar-refractivity contribution in [3.05, 3.63) is 12.2 Å². The number of carbonyl (C=O) groups excluding carboxylic acids is 2. The van der Waals surface area contributed by atoms with Crippen molar-refractivity contribution in [3.63, 3.8) is 0 Å². The summed E-state index contributed by atoms with van der Waals surface area (Å²) in [7, 11) is 0. The Morgan fingerprint density at radius 1 is 1.05 bits per heavy atom. The van der Waals surface area contributed by atoms with Gasteiger partial charge in [-0.1, -0.05) is 38.2 Å². The van der Waals surface area contributed by atoms with Gasteiger partial charge in [0.25, 0.3) is 5.91 Å². The highest BCUT2D eigenvalue weighted by Crippen LogP contribution is 2.27. The van der Waals surface area contributed by atoms with E-state index in [1.54, 1.807) is 0 Å². The third-order valence-corrected chi connectivity index (χ3v) is 4.46. The number of Topliss-reactive ketones (excluding diaryl/α,β-unsaturated/α-hetero) is 1. The maximum Gasteiger partial charge on any atom is 0.328 e. The molecule has 1 aliphatic carbocycles. The lowest BCUT2D eigenvalue weighted by atomic mass is 9.85. The third kappa shape index (κ3) is 4.41. The summed E-state index contributed by atoms with van der Waals surface area (Å²) in [5, 5.41) is 8.67. The van der Waals surface area contributed by atoms with Gasteiger partial charge in [0.1, 0.15) is 0 Å². The van der Waals surface area contributed by atoms with Crippen LogP contribution in [0.3, 0.4) is 0 Å². The highest BCUT2D eigenvalue weighted by molar-refractivity contribution is 6.36. The lowest BCUT2D eigenvalue weighted by molar-refractivity contribution is -0.145. The molecule has 1 saturated carbocycles. The van der Waals surface area contributed by atoms with E-state index in [0.717, 1.165) is 44.6 Å². The zero-order chi connectivity index (χ0) is 15.2. The molecular weight excluding hydrogens is 270 g/mol. The molecule has 0 aromatic carbocycles. The lowest BCUT2D eigenvalue weighted by Gasteiger charge is -2.24. The van der Waals surface area contributed by atoms with Crippen molar-refractivity contribution in [1.29, 1.82) is 0 Å². The summed E-state index contributed by atoms with van der Waals surface area (Å²) in [6.45, 7) is 0.546. The summed E-state index contributed by atoms with van der Waals surface area (Å²) in [5.74, 6) is -1.41. The molecule has 116 valence electrons. The van der Waals surface area contributed by atoms with Crippen LogP contribution in [0, 0.1) is 5.92 Å². The number of likely N-dealkylation sites (tertiary alicyclic amines) is 1. The molecule has 1 atom stereocenters. The summed E-state index contributed by atoms with van der Waals surface area (Å²) in [4.78, 5) is 36.5. The first-order chi connectivity index (χ1) is 10.1. The van der Waals surface area contributed by atoms with E-state index in [-0.39, 0.29) is 11.8 Å². The Kier molecular flexibility index (Phi) is 5.53. The number of ketones is 1. The highest BCUT2D eigenvalue weighted by atomic mass is 16.4. The fourth-order valence-electron chi connectivity index (χ4n) is 3.34. The third-order valence-electron chi connectivity index (χ3n) is 4.46. The van der Waals surface area contributed by atoms with Crippen LogP contribution in [0.2, 0.25) is 0 Å². The van der Waals surface area contributed by atoms with Crippen LogP contribution >= 0.6 is 0 Å². The van der Waals surface area contributed by atoms with Crippen LogP contribution in [0.15, 0.2) is 12.2 Å². The van der Waals surface area contributed by atoms with E-state index in [1.807, 2.05) is 0 Å². The van der Waals surface area contributed by atoms with Crippen LogP contribution in [0.5, 0.6) is 0 Å². The fourth-order valence-corrected chi connectivity index (χ4v) is 3.34. The Hall–Kier alpha value is -1.65. The minimum absolute atomic E-state index is 0.246. The zero-order valence-electron chi connectivity index (χ0n) is 12.3. The van der Waals surface area contributed by atoms with Gasteiger partial charge in [-0.25, -0.2) is 4.79 Å². The predicted octanol–water partition coefficient (Wildman–Crippen LogP) is 2.16. The molecule has 1 aliphatic heterocycles. The van der Waals surface area contributed by atoms with Crippen molar-refractivity contribution in [3.8, 4) is 0 Å². The first-order valence-corrected chi connectivity index (χ1v) is 7.83. The van der Waals surface area contributed by atoms with Crippen molar-refractivity contribution in [2.75, 3.05) is 6.54 Å². The number of amides is 1. The van der Waals surface area contributed by atoms with E-state index in [4.69, 9.17) is 5.11 Å². The first kappa shape index (κ1) is 15.7. The van der Waals surface area contributed by atoms with Gasteiger partial charge in [-0.15, -0.1) is 0 Å². The smallest absolute Gasteiger partial charge is 0.328 e. The van der Waals surface area contributed by atoms with Crippen LogP contribution in [-0.4, -0.2) is 40.3 Å². The molecule has 21 heavy (non-hydrogen) atoms. The van der Waals surface area contributed by atoms with Crippen LogP contribution in [0.4, 0.5) is 0 Å². The summed E-state index contributed by atoms with van der Waals surface area (Å²) in [6, 6.07) is -0.246. The van der Waals surface area contributed by atoms with Gasteiger partial charge < -0.3 is 10.0 Å². The Balaban J connectivity index is 1.91. The van der Waals surface area contributed by atoms with Crippen molar-refractivity contribution in [1.82, 2.24) is 4.90 Å². The molecule has 1 saturated heterocycles. The molecule has 5 nitrogen and oxygen atoms in total. The molecule has 1 N–H and O–H groups in total. The Morgan fingerprint density at radius 2 is 1.76 bits per heavy atom. The Labute approximate surface area is 125 Å². The van der Waals surface area contributed by atoms with E-state index in [1.165, 1.54) is 17.4 Å². The molecule has 1 amide bonds. The standard InChI is InChI=1S/C16H23NO4/c18-14(11-12-5-2-1-3-6-12)16(21)17-10-4-7-13(17)8-9-15(19)20/h8-9,12-13H,1-7,10-11H2,(H,19,20). The van der Waals surface area contributed by atoms with Gasteiger partial charge >= 0.3 is 5.97 Å². The molecule has 2 rings (SSSR count). The molecule has 2 aliphatic rings. The Morgan fingerprint density at radius 3 is 2.43 bits per heavy atom. The molecule has 0 aromatic rings. The monoisotopic (exact) mass is 293 g/mol. The van der Waals surface area contributed by atoms with Gasteiger partial charge in [-0.3, -0.25) is 9.59 Å². The molecule has 0 radical (unpaired) electrons. The van der Waals surface area contributed by atoms with Crippen LogP contribution in [0.25, 0.3) is 0 Å². The summed E-state index contributed by atoms with van der Waals surface area (Å²) in [5.41, 5.74) is 0. The van der Waals surface area contributed by atoms with Crippen molar-refractivity contribution in [2.45, 2.75) is 57.4 Å². The summed E-state index contributed by atoms with van der Waals surface area (Å²) >= 11 is 0. The summed E-state index contributed by atoms with van der Waals surface area (Å²) < 4.78 is 0. The van der Waals surface area contributed by atoms with Gasteiger partial charge in [0.05, 0.1) is 6.04 Å². The molecule has 2 fully saturated rings. The first-order valence-electron chi connectivity index (χ1n) is 7.83. The zero-order valence-corrected chi connectivity index (χ0v) is 12.3. The number of hydrogen-bond donors (Lipinski definition) is 1. The second kappa shape index (κ2) is 7.38. The average Bonchev–Trinajstić information content (AvgIpc) is 2.93. The predicted molar refractivity (Wildman–Crippen MR) is 77.7 cm³/mol. The Bertz CT molecular complexity index is 438. The molecule has 5 heteroatoms. The minimum atomic E-state index is -1.03. The van der Waals surface area contributed by atoms with Crippen molar-refractivity contribution < 1.29 is 19.5 Å². The van der Waals surface area contributed by atoms with Gasteiger partial charge in [-0.05, 0) is 18.8 Å². The number of carboxylic acids is 1. The topological polar surface area (TPSA) is 74.7 Å². The SMILES string of the molecule is O=C(O)C=CC1CCCN1C(=O)C(=O)CC1CCCCC1. The van der Waals surface area contributed by atoms with Crippen molar-refractivity contribution >= 4 is 17.7 Å². The van der Waals surface area contributed by atoms with E-state index < -0.39 is 11.9 Å². The maximum absolute atomic E-state index is 12.3. The lowest BCUT2D eigenvalue weighted by Crippen LogP contribution is -2.40. The van der Waals surface area contributed by atoms with E-state index in [9.17, 15) is 14.4 Å². The number of aliphatic carboxylic acids is 1. The van der Waals surface area contributed by atoms with Crippen molar-refractivity contribution in [2.24, 2.45) is 5.92 Å². The molecule has 0 bridgehead atoms. The fraction of sp³-hybridized carbons (Fsp3) is 0.688. The van der Waals surface area contributed by atoms with Crippen LogP contribution in [-0.2, 0) is 14.4 Å². The number of hydrogen-bond acceptors (Lipinski definition) is 3. The van der Waals surface area contributed by atoms with Crippen LogP contribution < -0.4 is 0 Å². The second-order valence-corrected chi connectivity index (χ2v) is 6.04. The largest absolute Gasteiger partial charge is 0.478 e. The molecule has 0 spiro atoms. The number of nitrogens with zero attached hydrogens (tertiary/aromatic N) is 1. The molecule has 1 unspecified atom stereocenters. The van der Waals surface area contributed by atoms with E-state index >= 15 is 0 Å². The molecule has 1 heterocycles. The molecule has 0 aromatic heterocycles. The quantitative estimate of drug-likeness (QED) is 0.622. The number of carbonyl (C=O) groups is 3. The normalized spacial score (nSPS) is 23.6. The van der Waals surface area contributed by atoms with Crippen LogP contribution in [0.1, 0.15) is 51.4 Å². The van der Waals surface area contributed by atoms with E-state index in [0.29, 0.717) is 18.9 Å². The summed E-state index contributed by atoms with van der Waals surface area (Å²) in [6.07, 6.45) is 10.1. The van der Waals surface area contributed by atoms with Gasteiger partial charge in [0.2, 0.25) is 5.78 Å². The second-order valence-electron chi connectivity index (χ2n) is 6.04. The highest BCUT2D eigenvalue weighted by Gasteiger charge is 2.32. The molecular formula is C16H23NO4. The van der Waals surface area contributed by atoms with Gasteiger partial charge in [-0.2, -0.15) is 0 Å². The number of carboxylic acid groups (broad SMARTS) is 1.